The molecule has 0 aliphatic carbocycles. The van der Waals surface area contributed by atoms with Crippen LogP contribution in [-0.4, -0.2) is 27.0 Å². The van der Waals surface area contributed by atoms with E-state index in [2.05, 4.69) is 10.3 Å². The van der Waals surface area contributed by atoms with E-state index in [4.69, 9.17) is 0 Å². The number of nitrogens with one attached hydrogen (secondary N) is 1. The van der Waals surface area contributed by atoms with E-state index in [0.29, 0.717) is 18.8 Å². The maximum absolute atomic E-state index is 12.7. The molecule has 21 heavy (non-hydrogen) atoms. The zero-order valence-electron chi connectivity index (χ0n) is 11.2. The van der Waals surface area contributed by atoms with Crippen LogP contribution in [0.3, 0.4) is 0 Å². The fraction of sp³-hybridized carbons (Fsp3) is 0.583. The second-order valence-electron chi connectivity index (χ2n) is 5.10. The molecule has 0 spiro atoms. The lowest BCUT2D eigenvalue weighted by Gasteiger charge is -2.23. The highest BCUT2D eigenvalue weighted by atomic mass is 32.2. The molecule has 0 aromatic carbocycles. The molecule has 1 aromatic rings. The lowest BCUT2D eigenvalue weighted by Crippen LogP contribution is -2.27. The van der Waals surface area contributed by atoms with Crippen molar-refractivity contribution in [3.8, 4) is 0 Å². The summed E-state index contributed by atoms with van der Waals surface area (Å²) in [7, 11) is 0. The Morgan fingerprint density at radius 3 is 2.81 bits per heavy atom. The van der Waals surface area contributed by atoms with Gasteiger partial charge in [-0.1, -0.05) is 0 Å². The van der Waals surface area contributed by atoms with Crippen LogP contribution in [0.15, 0.2) is 12.3 Å². The topological polar surface area (TPSA) is 68.1 Å². The summed E-state index contributed by atoms with van der Waals surface area (Å²) in [4.78, 5) is 13.3. The van der Waals surface area contributed by atoms with Crippen molar-refractivity contribution in [2.45, 2.75) is 30.7 Å². The van der Waals surface area contributed by atoms with Gasteiger partial charge < -0.3 is 5.32 Å². The molecule has 1 aliphatic rings. The SMILES string of the molecule is CC1(CNc2cc(C(F)(F)F)ncc2[N+](=O)[O-])CCCS1. The molecule has 0 saturated carbocycles. The van der Waals surface area contributed by atoms with E-state index in [1.54, 1.807) is 11.8 Å². The fourth-order valence-electron chi connectivity index (χ4n) is 2.15. The Hall–Kier alpha value is -1.51. The van der Waals surface area contributed by atoms with Crippen LogP contribution in [0.2, 0.25) is 0 Å². The number of hydrogen-bond donors (Lipinski definition) is 1. The maximum Gasteiger partial charge on any atom is 0.433 e. The Morgan fingerprint density at radius 2 is 2.29 bits per heavy atom. The molecule has 5 nitrogen and oxygen atoms in total. The molecule has 1 saturated heterocycles. The van der Waals surface area contributed by atoms with E-state index in [9.17, 15) is 23.3 Å². The zero-order chi connectivity index (χ0) is 15.7. The third-order valence-electron chi connectivity index (χ3n) is 3.32. The van der Waals surface area contributed by atoms with Gasteiger partial charge in [0.05, 0.1) is 4.92 Å². The van der Waals surface area contributed by atoms with Crippen molar-refractivity contribution in [3.05, 3.63) is 28.1 Å². The summed E-state index contributed by atoms with van der Waals surface area (Å²) in [6, 6.07) is 0.696. The van der Waals surface area contributed by atoms with Crippen LogP contribution < -0.4 is 5.32 Å². The van der Waals surface area contributed by atoms with Gasteiger partial charge in [0, 0.05) is 11.3 Å². The van der Waals surface area contributed by atoms with E-state index in [1.165, 1.54) is 0 Å². The summed E-state index contributed by atoms with van der Waals surface area (Å²) in [6.45, 7) is 2.37. The summed E-state index contributed by atoms with van der Waals surface area (Å²) in [5.41, 5.74) is -1.73. The highest BCUT2D eigenvalue weighted by molar-refractivity contribution is 8.00. The first kappa shape index (κ1) is 15.9. The van der Waals surface area contributed by atoms with Gasteiger partial charge in [0.1, 0.15) is 17.6 Å². The summed E-state index contributed by atoms with van der Waals surface area (Å²) >= 11 is 1.72. The van der Waals surface area contributed by atoms with Crippen LogP contribution in [0.1, 0.15) is 25.5 Å². The Bertz CT molecular complexity index is 545. The number of nitrogens with zero attached hydrogens (tertiary/aromatic N) is 2. The number of halogens is 3. The summed E-state index contributed by atoms with van der Waals surface area (Å²) < 4.78 is 37.8. The van der Waals surface area contributed by atoms with Crippen molar-refractivity contribution in [2.75, 3.05) is 17.6 Å². The largest absolute Gasteiger partial charge is 0.433 e. The van der Waals surface area contributed by atoms with Gasteiger partial charge in [-0.2, -0.15) is 24.9 Å². The molecule has 1 fully saturated rings. The first-order valence-corrected chi connectivity index (χ1v) is 7.29. The summed E-state index contributed by atoms with van der Waals surface area (Å²) in [5.74, 6) is 0.990. The molecule has 116 valence electrons. The minimum Gasteiger partial charge on any atom is -0.378 e. The predicted molar refractivity (Wildman–Crippen MR) is 74.5 cm³/mol. The number of hydrogen-bond acceptors (Lipinski definition) is 5. The molecule has 1 aliphatic heterocycles. The van der Waals surface area contributed by atoms with Gasteiger partial charge in [-0.25, -0.2) is 4.98 Å². The Kier molecular flexibility index (Phi) is 4.31. The monoisotopic (exact) mass is 321 g/mol. The average molecular weight is 321 g/mol. The molecule has 0 amide bonds. The van der Waals surface area contributed by atoms with Gasteiger partial charge in [0.25, 0.3) is 0 Å². The number of thioether (sulfide) groups is 1. The molecule has 0 radical (unpaired) electrons. The third-order valence-corrected chi connectivity index (χ3v) is 4.86. The molecule has 1 unspecified atom stereocenters. The standard InChI is InChI=1S/C12H14F3N3O2S/c1-11(3-2-4-21-11)7-17-8-5-10(12(13,14)15)16-6-9(8)18(19)20/h5-6H,2-4,7H2,1H3,(H,16,17). The van der Waals surface area contributed by atoms with Gasteiger partial charge in [-0.3, -0.25) is 10.1 Å². The lowest BCUT2D eigenvalue weighted by atomic mass is 10.1. The highest BCUT2D eigenvalue weighted by Gasteiger charge is 2.35. The van der Waals surface area contributed by atoms with E-state index >= 15 is 0 Å². The smallest absolute Gasteiger partial charge is 0.378 e. The first-order chi connectivity index (χ1) is 9.71. The quantitative estimate of drug-likeness (QED) is 0.676. The van der Waals surface area contributed by atoms with Crippen molar-refractivity contribution in [2.24, 2.45) is 0 Å². The van der Waals surface area contributed by atoms with Crippen LogP contribution in [0.4, 0.5) is 24.5 Å². The fourth-order valence-corrected chi connectivity index (χ4v) is 3.39. The number of nitro groups is 1. The normalized spacial score (nSPS) is 22.3. The first-order valence-electron chi connectivity index (χ1n) is 6.31. The van der Waals surface area contributed by atoms with Crippen molar-refractivity contribution in [3.63, 3.8) is 0 Å². The van der Waals surface area contributed by atoms with Crippen LogP contribution in [0.5, 0.6) is 0 Å². The third kappa shape index (κ3) is 3.78. The Labute approximate surface area is 123 Å². The highest BCUT2D eigenvalue weighted by Crippen LogP contribution is 2.39. The van der Waals surface area contributed by atoms with E-state index in [-0.39, 0.29) is 10.4 Å². The Balaban J connectivity index is 2.24. The molecule has 1 aromatic heterocycles. The molecule has 2 rings (SSSR count). The van der Waals surface area contributed by atoms with Crippen LogP contribution in [-0.2, 0) is 6.18 Å². The van der Waals surface area contributed by atoms with Crippen molar-refractivity contribution >= 4 is 23.1 Å². The number of rotatable bonds is 4. The van der Waals surface area contributed by atoms with Crippen molar-refractivity contribution < 1.29 is 18.1 Å². The molecule has 1 N–H and O–H groups in total. The van der Waals surface area contributed by atoms with Crippen LogP contribution in [0, 0.1) is 10.1 Å². The van der Waals surface area contributed by atoms with Gasteiger partial charge in [-0.05, 0) is 31.6 Å². The molecular weight excluding hydrogens is 307 g/mol. The average Bonchev–Trinajstić information content (AvgIpc) is 2.82. The van der Waals surface area contributed by atoms with E-state index < -0.39 is 22.5 Å². The summed E-state index contributed by atoms with van der Waals surface area (Å²) in [6.07, 6.45) is -2.02. The number of anilines is 1. The number of aromatic nitrogens is 1. The maximum atomic E-state index is 12.7. The van der Waals surface area contributed by atoms with E-state index in [1.807, 2.05) is 6.92 Å². The van der Waals surface area contributed by atoms with Crippen LogP contribution >= 0.6 is 11.8 Å². The predicted octanol–water partition coefficient (Wildman–Crippen LogP) is 3.71. The number of pyridine rings is 1. The van der Waals surface area contributed by atoms with Gasteiger partial charge in [0.2, 0.25) is 0 Å². The molecule has 0 bridgehead atoms. The second-order valence-corrected chi connectivity index (χ2v) is 6.78. The number of alkyl halides is 3. The molecular formula is C12H14F3N3O2S. The van der Waals surface area contributed by atoms with Crippen molar-refractivity contribution in [1.29, 1.82) is 0 Å². The molecule has 1 atom stereocenters. The second kappa shape index (κ2) is 5.70. The zero-order valence-corrected chi connectivity index (χ0v) is 12.1. The minimum atomic E-state index is -4.63. The van der Waals surface area contributed by atoms with Crippen LogP contribution in [0.25, 0.3) is 0 Å². The van der Waals surface area contributed by atoms with Crippen molar-refractivity contribution in [1.82, 2.24) is 4.98 Å². The Morgan fingerprint density at radius 1 is 1.57 bits per heavy atom. The van der Waals surface area contributed by atoms with Gasteiger partial charge >= 0.3 is 11.9 Å². The van der Waals surface area contributed by atoms with Gasteiger partial charge in [0.15, 0.2) is 0 Å². The van der Waals surface area contributed by atoms with Gasteiger partial charge in [-0.15, -0.1) is 0 Å². The minimum absolute atomic E-state index is 0.116. The molecule has 9 heteroatoms. The lowest BCUT2D eigenvalue weighted by molar-refractivity contribution is -0.384. The van der Waals surface area contributed by atoms with E-state index in [0.717, 1.165) is 18.6 Å². The molecule has 2 heterocycles. The summed E-state index contributed by atoms with van der Waals surface area (Å²) in [5, 5.41) is 13.7.